The number of carbonyl (C=O) groups excluding carboxylic acids is 1. The molecule has 1 atom stereocenters. The third-order valence-corrected chi connectivity index (χ3v) is 5.08. The number of aliphatic carboxylic acids is 1. The van der Waals surface area contributed by atoms with E-state index in [2.05, 4.69) is 5.10 Å². The van der Waals surface area contributed by atoms with E-state index in [0.29, 0.717) is 25.1 Å². The normalized spacial score (nSPS) is 25.2. The van der Waals surface area contributed by atoms with Crippen molar-refractivity contribution in [1.82, 2.24) is 14.7 Å². The molecule has 1 saturated heterocycles. The standard InChI is InChI=1S/C16H23N3O4/c1-23-11-16(15(21)22)8-4-10-18(16)14(20)13-7-9-17-19(13)12-5-2-3-6-12/h7,9,12H,2-6,8,10-11H2,1H3,(H,21,22). The number of nitrogens with zero attached hydrogens (tertiary/aromatic N) is 3. The second-order valence-corrected chi connectivity index (χ2v) is 6.43. The summed E-state index contributed by atoms with van der Waals surface area (Å²) in [5, 5.41) is 14.0. The molecule has 7 nitrogen and oxygen atoms in total. The van der Waals surface area contributed by atoms with Gasteiger partial charge in [0.15, 0.2) is 5.54 Å². The van der Waals surface area contributed by atoms with Gasteiger partial charge in [0.05, 0.1) is 12.6 Å². The van der Waals surface area contributed by atoms with E-state index in [1.807, 2.05) is 0 Å². The van der Waals surface area contributed by atoms with E-state index in [0.717, 1.165) is 25.7 Å². The van der Waals surface area contributed by atoms with Gasteiger partial charge in [-0.05, 0) is 31.7 Å². The first-order valence-electron chi connectivity index (χ1n) is 8.18. The van der Waals surface area contributed by atoms with Crippen molar-refractivity contribution in [3.63, 3.8) is 0 Å². The van der Waals surface area contributed by atoms with E-state index in [4.69, 9.17) is 4.74 Å². The largest absolute Gasteiger partial charge is 0.479 e. The molecular formula is C16H23N3O4. The number of carboxylic acids is 1. The van der Waals surface area contributed by atoms with Crippen molar-refractivity contribution in [2.45, 2.75) is 50.1 Å². The number of amides is 1. The predicted molar refractivity (Wildman–Crippen MR) is 82.2 cm³/mol. The van der Waals surface area contributed by atoms with E-state index in [-0.39, 0.29) is 18.6 Å². The fourth-order valence-electron chi connectivity index (χ4n) is 3.91. The van der Waals surface area contributed by atoms with Crippen LogP contribution in [-0.2, 0) is 9.53 Å². The van der Waals surface area contributed by atoms with Gasteiger partial charge in [-0.1, -0.05) is 12.8 Å². The topological polar surface area (TPSA) is 84.7 Å². The Hall–Kier alpha value is -1.89. The highest BCUT2D eigenvalue weighted by molar-refractivity contribution is 5.97. The molecular weight excluding hydrogens is 298 g/mol. The highest BCUT2D eigenvalue weighted by atomic mass is 16.5. The fourth-order valence-corrected chi connectivity index (χ4v) is 3.91. The minimum absolute atomic E-state index is 0.00559. The molecule has 3 rings (SSSR count). The van der Waals surface area contributed by atoms with Crippen LogP contribution in [0.4, 0.5) is 0 Å². The number of hydrogen-bond acceptors (Lipinski definition) is 4. The second kappa shape index (κ2) is 6.31. The van der Waals surface area contributed by atoms with Gasteiger partial charge in [0.25, 0.3) is 5.91 Å². The maximum Gasteiger partial charge on any atom is 0.332 e. The van der Waals surface area contributed by atoms with Crippen molar-refractivity contribution in [1.29, 1.82) is 0 Å². The van der Waals surface area contributed by atoms with Crippen molar-refractivity contribution in [3.05, 3.63) is 18.0 Å². The maximum absolute atomic E-state index is 13.0. The van der Waals surface area contributed by atoms with E-state index < -0.39 is 11.5 Å². The van der Waals surface area contributed by atoms with Crippen LogP contribution in [0, 0.1) is 0 Å². The maximum atomic E-state index is 13.0. The molecule has 2 aliphatic rings. The van der Waals surface area contributed by atoms with Crippen LogP contribution in [-0.4, -0.2) is 57.5 Å². The molecule has 126 valence electrons. The number of carbonyl (C=O) groups is 2. The molecule has 1 amide bonds. The van der Waals surface area contributed by atoms with Gasteiger partial charge in [-0.15, -0.1) is 0 Å². The van der Waals surface area contributed by atoms with Crippen molar-refractivity contribution in [2.24, 2.45) is 0 Å². The SMILES string of the molecule is COCC1(C(=O)O)CCCN1C(=O)c1ccnn1C1CCCC1. The quantitative estimate of drug-likeness (QED) is 0.892. The van der Waals surface area contributed by atoms with Crippen LogP contribution in [0.25, 0.3) is 0 Å². The molecule has 0 spiro atoms. The Labute approximate surface area is 135 Å². The van der Waals surface area contributed by atoms with E-state index in [9.17, 15) is 14.7 Å². The Morgan fingerprint density at radius 3 is 2.78 bits per heavy atom. The predicted octanol–water partition coefficient (Wildman–Crippen LogP) is 1.70. The van der Waals surface area contributed by atoms with Crippen LogP contribution in [0.15, 0.2) is 12.3 Å². The van der Waals surface area contributed by atoms with Crippen molar-refractivity contribution in [2.75, 3.05) is 20.3 Å². The van der Waals surface area contributed by atoms with Crippen LogP contribution in [0.5, 0.6) is 0 Å². The second-order valence-electron chi connectivity index (χ2n) is 6.43. The lowest BCUT2D eigenvalue weighted by Crippen LogP contribution is -2.56. The Morgan fingerprint density at radius 2 is 2.13 bits per heavy atom. The van der Waals surface area contributed by atoms with Crippen LogP contribution >= 0.6 is 0 Å². The van der Waals surface area contributed by atoms with Gasteiger partial charge in [-0.3, -0.25) is 9.48 Å². The first-order valence-corrected chi connectivity index (χ1v) is 8.18. The minimum atomic E-state index is -1.27. The molecule has 1 aromatic rings. The van der Waals surface area contributed by atoms with Gasteiger partial charge in [0.1, 0.15) is 5.69 Å². The van der Waals surface area contributed by atoms with E-state index in [1.54, 1.807) is 16.9 Å². The average molecular weight is 321 g/mol. The molecule has 0 bridgehead atoms. The summed E-state index contributed by atoms with van der Waals surface area (Å²) in [6.45, 7) is 0.440. The van der Waals surface area contributed by atoms with Crippen molar-refractivity contribution in [3.8, 4) is 0 Å². The Kier molecular flexibility index (Phi) is 4.39. The Balaban J connectivity index is 1.90. The molecule has 23 heavy (non-hydrogen) atoms. The number of hydrogen-bond donors (Lipinski definition) is 1. The third-order valence-electron chi connectivity index (χ3n) is 5.08. The summed E-state index contributed by atoms with van der Waals surface area (Å²) < 4.78 is 6.91. The molecule has 1 N–H and O–H groups in total. The minimum Gasteiger partial charge on any atom is -0.479 e. The first-order chi connectivity index (χ1) is 11.1. The summed E-state index contributed by atoms with van der Waals surface area (Å²) in [5.41, 5.74) is -0.781. The summed E-state index contributed by atoms with van der Waals surface area (Å²) in [4.78, 5) is 26.3. The monoisotopic (exact) mass is 321 g/mol. The van der Waals surface area contributed by atoms with Crippen molar-refractivity contribution < 1.29 is 19.4 Å². The van der Waals surface area contributed by atoms with Gasteiger partial charge in [0.2, 0.25) is 0 Å². The lowest BCUT2D eigenvalue weighted by atomic mass is 9.97. The molecule has 2 heterocycles. The molecule has 1 aromatic heterocycles. The summed E-state index contributed by atoms with van der Waals surface area (Å²) in [6, 6.07) is 1.94. The number of ether oxygens (including phenoxy) is 1. The van der Waals surface area contributed by atoms with E-state index >= 15 is 0 Å². The van der Waals surface area contributed by atoms with E-state index in [1.165, 1.54) is 12.0 Å². The van der Waals surface area contributed by atoms with Gasteiger partial charge in [-0.2, -0.15) is 5.10 Å². The molecule has 1 aliphatic heterocycles. The van der Waals surface area contributed by atoms with Crippen LogP contribution in [0.3, 0.4) is 0 Å². The Bertz CT molecular complexity index is 594. The summed E-state index contributed by atoms with van der Waals surface area (Å²) >= 11 is 0. The third kappa shape index (κ3) is 2.63. The van der Waals surface area contributed by atoms with Gasteiger partial charge in [-0.25, -0.2) is 4.79 Å². The van der Waals surface area contributed by atoms with Gasteiger partial charge >= 0.3 is 5.97 Å². The molecule has 7 heteroatoms. The smallest absolute Gasteiger partial charge is 0.332 e. The first kappa shape index (κ1) is 16.0. The summed E-state index contributed by atoms with van der Waals surface area (Å²) in [5.74, 6) is -1.26. The summed E-state index contributed by atoms with van der Waals surface area (Å²) in [6.07, 6.45) is 7.03. The summed E-state index contributed by atoms with van der Waals surface area (Å²) in [7, 11) is 1.47. The molecule has 0 aromatic carbocycles. The Morgan fingerprint density at radius 1 is 1.39 bits per heavy atom. The zero-order valence-electron chi connectivity index (χ0n) is 13.4. The lowest BCUT2D eigenvalue weighted by Gasteiger charge is -2.34. The molecule has 1 unspecified atom stereocenters. The number of aromatic nitrogens is 2. The molecule has 2 fully saturated rings. The zero-order chi connectivity index (χ0) is 16.4. The van der Waals surface area contributed by atoms with Crippen LogP contribution in [0.2, 0.25) is 0 Å². The number of carboxylic acid groups (broad SMARTS) is 1. The van der Waals surface area contributed by atoms with Gasteiger partial charge < -0.3 is 14.7 Å². The van der Waals surface area contributed by atoms with Gasteiger partial charge in [0, 0.05) is 19.9 Å². The van der Waals surface area contributed by atoms with Crippen LogP contribution in [0.1, 0.15) is 55.1 Å². The lowest BCUT2D eigenvalue weighted by molar-refractivity contribution is -0.151. The molecule has 1 saturated carbocycles. The highest BCUT2D eigenvalue weighted by Gasteiger charge is 2.51. The number of rotatable bonds is 5. The van der Waals surface area contributed by atoms with Crippen LogP contribution < -0.4 is 0 Å². The average Bonchev–Trinajstić information content (AvgIpc) is 3.26. The highest BCUT2D eigenvalue weighted by Crippen LogP contribution is 2.34. The number of methoxy groups -OCH3 is 1. The van der Waals surface area contributed by atoms with Crippen molar-refractivity contribution >= 4 is 11.9 Å². The zero-order valence-corrected chi connectivity index (χ0v) is 13.4. The molecule has 0 radical (unpaired) electrons. The molecule has 1 aliphatic carbocycles. The fraction of sp³-hybridized carbons (Fsp3) is 0.688. The number of likely N-dealkylation sites (tertiary alicyclic amines) is 1.